The van der Waals surface area contributed by atoms with Crippen LogP contribution in [0.15, 0.2) is 0 Å². The van der Waals surface area contributed by atoms with Crippen molar-refractivity contribution in [3.05, 3.63) is 0 Å². The lowest BCUT2D eigenvalue weighted by Crippen LogP contribution is -2.51. The van der Waals surface area contributed by atoms with Crippen molar-refractivity contribution in [2.24, 2.45) is 11.7 Å². The second-order valence-electron chi connectivity index (χ2n) is 6.61. The number of likely N-dealkylation sites (N-methyl/N-ethyl adjacent to an activating group) is 1. The Morgan fingerprint density at radius 3 is 2.40 bits per heavy atom. The van der Waals surface area contributed by atoms with E-state index in [9.17, 15) is 4.79 Å². The summed E-state index contributed by atoms with van der Waals surface area (Å²) in [6, 6.07) is 0.729. The standard InChI is InChI=1S/C16H33N3O/c1-5-13-7-9-14(10-8-13)19(4)12-6-11-16(2,18-3)15(17)20/h13-14,18H,5-12H2,1-4H3,(H2,17,20). The molecule has 0 heterocycles. The molecule has 0 aromatic carbocycles. The number of rotatable bonds is 8. The maximum atomic E-state index is 11.4. The van der Waals surface area contributed by atoms with Gasteiger partial charge in [-0.15, -0.1) is 0 Å². The molecule has 20 heavy (non-hydrogen) atoms. The van der Waals surface area contributed by atoms with Crippen molar-refractivity contribution >= 4 is 5.91 Å². The molecule has 0 radical (unpaired) electrons. The lowest BCUT2D eigenvalue weighted by Gasteiger charge is -2.35. The molecule has 1 saturated carbocycles. The number of carbonyl (C=O) groups is 1. The number of nitrogens with zero attached hydrogens (tertiary/aromatic N) is 1. The van der Waals surface area contributed by atoms with Gasteiger partial charge in [-0.05, 0) is 72.0 Å². The number of amides is 1. The van der Waals surface area contributed by atoms with Crippen LogP contribution in [0.2, 0.25) is 0 Å². The van der Waals surface area contributed by atoms with Gasteiger partial charge in [0.2, 0.25) is 5.91 Å². The number of carbonyl (C=O) groups excluding carboxylic acids is 1. The molecule has 0 aromatic rings. The van der Waals surface area contributed by atoms with Gasteiger partial charge >= 0.3 is 0 Å². The highest BCUT2D eigenvalue weighted by Gasteiger charge is 2.29. The Morgan fingerprint density at radius 1 is 1.35 bits per heavy atom. The molecule has 1 fully saturated rings. The van der Waals surface area contributed by atoms with Gasteiger partial charge in [0.15, 0.2) is 0 Å². The summed E-state index contributed by atoms with van der Waals surface area (Å²) in [4.78, 5) is 13.9. The summed E-state index contributed by atoms with van der Waals surface area (Å²) in [5.74, 6) is 0.688. The van der Waals surface area contributed by atoms with Crippen LogP contribution in [-0.4, -0.2) is 43.0 Å². The molecule has 1 aliphatic rings. The maximum Gasteiger partial charge on any atom is 0.237 e. The molecular weight excluding hydrogens is 250 g/mol. The summed E-state index contributed by atoms with van der Waals surface area (Å²) in [6.07, 6.45) is 8.54. The van der Waals surface area contributed by atoms with Crippen molar-refractivity contribution < 1.29 is 4.79 Å². The number of primary amides is 1. The van der Waals surface area contributed by atoms with Crippen molar-refractivity contribution in [3.8, 4) is 0 Å². The topological polar surface area (TPSA) is 58.4 Å². The van der Waals surface area contributed by atoms with Gasteiger partial charge in [-0.3, -0.25) is 4.79 Å². The second kappa shape index (κ2) is 7.99. The molecule has 1 rings (SSSR count). The van der Waals surface area contributed by atoms with Crippen molar-refractivity contribution in [2.75, 3.05) is 20.6 Å². The SMILES string of the molecule is CCC1CCC(N(C)CCCC(C)(NC)C(N)=O)CC1. The van der Waals surface area contributed by atoms with Crippen LogP contribution in [0, 0.1) is 5.92 Å². The van der Waals surface area contributed by atoms with E-state index < -0.39 is 5.54 Å². The molecule has 1 amide bonds. The molecule has 0 aliphatic heterocycles. The largest absolute Gasteiger partial charge is 0.368 e. The average molecular weight is 283 g/mol. The van der Waals surface area contributed by atoms with Gasteiger partial charge < -0.3 is 16.0 Å². The van der Waals surface area contributed by atoms with E-state index in [1.54, 1.807) is 7.05 Å². The molecule has 1 unspecified atom stereocenters. The van der Waals surface area contributed by atoms with Crippen LogP contribution in [0.25, 0.3) is 0 Å². The van der Waals surface area contributed by atoms with Crippen molar-refractivity contribution in [1.29, 1.82) is 0 Å². The van der Waals surface area contributed by atoms with Crippen molar-refractivity contribution in [3.63, 3.8) is 0 Å². The van der Waals surface area contributed by atoms with Crippen LogP contribution in [0.3, 0.4) is 0 Å². The van der Waals surface area contributed by atoms with E-state index in [1.165, 1.54) is 32.1 Å². The van der Waals surface area contributed by atoms with Gasteiger partial charge in [-0.1, -0.05) is 13.3 Å². The number of hydrogen-bond donors (Lipinski definition) is 2. The van der Waals surface area contributed by atoms with Crippen molar-refractivity contribution in [2.45, 2.75) is 70.4 Å². The smallest absolute Gasteiger partial charge is 0.237 e. The number of nitrogens with two attached hydrogens (primary N) is 1. The highest BCUT2D eigenvalue weighted by atomic mass is 16.1. The van der Waals surface area contributed by atoms with Crippen LogP contribution in [0.1, 0.15) is 58.8 Å². The van der Waals surface area contributed by atoms with Gasteiger partial charge in [0.05, 0.1) is 5.54 Å². The zero-order valence-corrected chi connectivity index (χ0v) is 13.7. The minimum atomic E-state index is -0.569. The van der Waals surface area contributed by atoms with Gasteiger partial charge in [0.25, 0.3) is 0 Å². The van der Waals surface area contributed by atoms with Crippen LogP contribution in [-0.2, 0) is 4.79 Å². The molecule has 4 heteroatoms. The second-order valence-corrected chi connectivity index (χ2v) is 6.61. The van der Waals surface area contributed by atoms with Crippen LogP contribution < -0.4 is 11.1 Å². The third kappa shape index (κ3) is 4.74. The van der Waals surface area contributed by atoms with Gasteiger partial charge in [-0.25, -0.2) is 0 Å². The molecule has 3 N–H and O–H groups in total. The van der Waals surface area contributed by atoms with Crippen LogP contribution >= 0.6 is 0 Å². The summed E-state index contributed by atoms with van der Waals surface area (Å²) in [6.45, 7) is 5.24. The number of nitrogens with one attached hydrogen (secondary N) is 1. The normalized spacial score (nSPS) is 26.4. The summed E-state index contributed by atoms with van der Waals surface area (Å²) >= 11 is 0. The lowest BCUT2D eigenvalue weighted by atomic mass is 9.84. The highest BCUT2D eigenvalue weighted by Crippen LogP contribution is 2.29. The minimum Gasteiger partial charge on any atom is -0.368 e. The molecule has 1 atom stereocenters. The predicted molar refractivity (Wildman–Crippen MR) is 84.6 cm³/mol. The van der Waals surface area contributed by atoms with Gasteiger partial charge in [0, 0.05) is 6.04 Å². The summed E-state index contributed by atoms with van der Waals surface area (Å²) in [7, 11) is 4.03. The quantitative estimate of drug-likeness (QED) is 0.717. The Balaban J connectivity index is 2.30. The molecule has 118 valence electrons. The minimum absolute atomic E-state index is 0.258. The lowest BCUT2D eigenvalue weighted by molar-refractivity contribution is -0.123. The maximum absolute atomic E-state index is 11.4. The third-order valence-electron chi connectivity index (χ3n) is 5.30. The van der Waals surface area contributed by atoms with E-state index in [0.717, 1.165) is 31.3 Å². The zero-order chi connectivity index (χ0) is 15.2. The van der Waals surface area contributed by atoms with E-state index >= 15 is 0 Å². The van der Waals surface area contributed by atoms with Crippen molar-refractivity contribution in [1.82, 2.24) is 10.2 Å². The fourth-order valence-electron chi connectivity index (χ4n) is 3.23. The number of hydrogen-bond acceptors (Lipinski definition) is 3. The molecule has 0 saturated heterocycles. The highest BCUT2D eigenvalue weighted by molar-refractivity contribution is 5.84. The molecule has 0 aromatic heterocycles. The van der Waals surface area contributed by atoms with Gasteiger partial charge in [0.1, 0.15) is 0 Å². The predicted octanol–water partition coefficient (Wildman–Crippen LogP) is 2.13. The fraction of sp³-hybridized carbons (Fsp3) is 0.938. The summed E-state index contributed by atoms with van der Waals surface area (Å²) < 4.78 is 0. The van der Waals surface area contributed by atoms with E-state index in [-0.39, 0.29) is 5.91 Å². The van der Waals surface area contributed by atoms with Gasteiger partial charge in [-0.2, -0.15) is 0 Å². The molecule has 0 bridgehead atoms. The first-order chi connectivity index (χ1) is 9.42. The molecular formula is C16H33N3O. The summed E-state index contributed by atoms with van der Waals surface area (Å²) in [5, 5.41) is 3.05. The third-order valence-corrected chi connectivity index (χ3v) is 5.30. The Labute approximate surface area is 124 Å². The van der Waals surface area contributed by atoms with E-state index in [1.807, 2.05) is 6.92 Å². The fourth-order valence-corrected chi connectivity index (χ4v) is 3.23. The van der Waals surface area contributed by atoms with E-state index in [4.69, 9.17) is 5.73 Å². The van der Waals surface area contributed by atoms with E-state index in [0.29, 0.717) is 0 Å². The van der Waals surface area contributed by atoms with Crippen LogP contribution in [0.4, 0.5) is 0 Å². The monoisotopic (exact) mass is 283 g/mol. The molecule has 1 aliphatic carbocycles. The Morgan fingerprint density at radius 2 is 1.95 bits per heavy atom. The Kier molecular flexibility index (Phi) is 6.96. The molecule has 0 spiro atoms. The first kappa shape index (κ1) is 17.4. The van der Waals surface area contributed by atoms with E-state index in [2.05, 4.69) is 24.2 Å². The Hall–Kier alpha value is -0.610. The Bertz CT molecular complexity index is 300. The average Bonchev–Trinajstić information content (AvgIpc) is 2.46. The van der Waals surface area contributed by atoms with Crippen LogP contribution in [0.5, 0.6) is 0 Å². The first-order valence-electron chi connectivity index (χ1n) is 8.12. The first-order valence-corrected chi connectivity index (χ1v) is 8.12. The zero-order valence-electron chi connectivity index (χ0n) is 13.7. The summed E-state index contributed by atoms with van der Waals surface area (Å²) in [5.41, 5.74) is 4.89. The molecule has 4 nitrogen and oxygen atoms in total.